The summed E-state index contributed by atoms with van der Waals surface area (Å²) in [5, 5.41) is 3.36. The molecule has 208 valence electrons. The Morgan fingerprint density at radius 1 is 1.21 bits per heavy atom. The number of methoxy groups -OCH3 is 1. The van der Waals surface area contributed by atoms with Gasteiger partial charge in [0.05, 0.1) is 30.4 Å². The van der Waals surface area contributed by atoms with E-state index < -0.39 is 0 Å². The number of H-pyrrole nitrogens is 1. The highest BCUT2D eigenvalue weighted by atomic mass is 19.1. The topological polar surface area (TPSA) is 59.9 Å². The summed E-state index contributed by atoms with van der Waals surface area (Å²) in [7, 11) is 1.67. The highest BCUT2D eigenvalue weighted by Crippen LogP contribution is 2.37. The summed E-state index contributed by atoms with van der Waals surface area (Å²) in [6, 6.07) is 5.91. The average Bonchev–Trinajstić information content (AvgIpc) is 3.41. The number of nitrogens with one attached hydrogen (secondary N) is 1. The molecule has 2 heterocycles. The van der Waals surface area contributed by atoms with Crippen molar-refractivity contribution < 1.29 is 15.3 Å². The number of aromatic nitrogens is 3. The first kappa shape index (κ1) is 29.4. The SMILES string of the molecule is C=O.CCC1CC[C@@H](CC)C1.COc1ccc(C2=C(F)CCC=C2)cc1[C@@H](C)n1[nH]c2cnc(C)c(C)c21.[HH]. The van der Waals surface area contributed by atoms with E-state index in [1.807, 2.05) is 50.3 Å². The monoisotopic (exact) mass is 523 g/mol. The van der Waals surface area contributed by atoms with E-state index in [0.717, 1.165) is 57.4 Å². The molecular weight excluding hydrogens is 477 g/mol. The Labute approximate surface area is 228 Å². The Bertz CT molecular complexity index is 1270. The van der Waals surface area contributed by atoms with E-state index in [2.05, 4.69) is 42.5 Å². The van der Waals surface area contributed by atoms with Crippen LogP contribution < -0.4 is 4.74 Å². The molecule has 2 aliphatic rings. The number of nitrogens with zero attached hydrogens (tertiary/aromatic N) is 2. The predicted octanol–water partition coefficient (Wildman–Crippen LogP) is 8.91. The summed E-state index contributed by atoms with van der Waals surface area (Å²) in [5.74, 6) is 2.90. The molecule has 0 spiro atoms. The molecule has 3 aromatic rings. The normalized spacial score (nSPS) is 19.6. The van der Waals surface area contributed by atoms with Crippen molar-refractivity contribution in [2.24, 2.45) is 11.8 Å². The number of hydrogen-bond donors (Lipinski definition) is 1. The number of fused-ring (bicyclic) bond motifs is 1. The number of carbonyl (C=O) groups is 1. The second-order valence-electron chi connectivity index (χ2n) is 10.5. The van der Waals surface area contributed by atoms with E-state index in [-0.39, 0.29) is 13.3 Å². The zero-order valence-corrected chi connectivity index (χ0v) is 23.9. The third-order valence-electron chi connectivity index (χ3n) is 8.31. The molecule has 0 saturated heterocycles. The van der Waals surface area contributed by atoms with Gasteiger partial charge in [-0.2, -0.15) is 0 Å². The molecule has 0 radical (unpaired) electrons. The molecule has 2 aromatic heterocycles. The molecule has 6 heteroatoms. The van der Waals surface area contributed by atoms with Crippen LogP contribution in [0.3, 0.4) is 0 Å². The van der Waals surface area contributed by atoms with Crippen molar-refractivity contribution in [1.29, 1.82) is 0 Å². The molecule has 1 fully saturated rings. The first-order valence-corrected chi connectivity index (χ1v) is 13.9. The van der Waals surface area contributed by atoms with Crippen LogP contribution in [-0.2, 0) is 4.79 Å². The summed E-state index contributed by atoms with van der Waals surface area (Å²) < 4.78 is 22.1. The molecule has 5 rings (SSSR count). The smallest absolute Gasteiger partial charge is 0.124 e. The van der Waals surface area contributed by atoms with Gasteiger partial charge in [0.15, 0.2) is 0 Å². The maximum absolute atomic E-state index is 14.3. The molecule has 1 unspecified atom stereocenters. The summed E-state index contributed by atoms with van der Waals surface area (Å²) in [4.78, 5) is 12.4. The number of benzene rings is 1. The van der Waals surface area contributed by atoms with Crippen molar-refractivity contribution in [3.8, 4) is 5.75 Å². The van der Waals surface area contributed by atoms with E-state index in [1.165, 1.54) is 32.1 Å². The first-order valence-electron chi connectivity index (χ1n) is 13.9. The lowest BCUT2D eigenvalue weighted by Gasteiger charge is -2.26. The number of pyridine rings is 1. The number of carbonyl (C=O) groups excluding carboxylic acids is 1. The van der Waals surface area contributed by atoms with Gasteiger partial charge in [0.2, 0.25) is 0 Å². The van der Waals surface area contributed by atoms with Crippen molar-refractivity contribution in [3.63, 3.8) is 0 Å². The number of allylic oxidation sites excluding steroid dienone is 4. The number of ether oxygens (including phenoxy) is 1. The Balaban J connectivity index is 0.000000377. The van der Waals surface area contributed by atoms with E-state index in [4.69, 9.17) is 9.53 Å². The lowest BCUT2D eigenvalue weighted by Crippen LogP contribution is -2.19. The number of rotatable bonds is 6. The van der Waals surface area contributed by atoms with Gasteiger partial charge in [-0.25, -0.2) is 4.39 Å². The third kappa shape index (κ3) is 6.28. The minimum atomic E-state index is -0.0498. The fourth-order valence-electron chi connectivity index (χ4n) is 5.68. The van der Waals surface area contributed by atoms with Crippen molar-refractivity contribution in [2.45, 2.75) is 85.6 Å². The molecule has 0 bridgehead atoms. The van der Waals surface area contributed by atoms with Gasteiger partial charge >= 0.3 is 0 Å². The van der Waals surface area contributed by atoms with Crippen LogP contribution in [0.1, 0.15) is 95.6 Å². The Morgan fingerprint density at radius 2 is 1.89 bits per heavy atom. The molecular formula is C32H46FN3O2. The average molecular weight is 524 g/mol. The van der Waals surface area contributed by atoms with E-state index in [9.17, 15) is 4.39 Å². The highest BCUT2D eigenvalue weighted by molar-refractivity contribution is 5.81. The van der Waals surface area contributed by atoms with Gasteiger partial charge in [0.1, 0.15) is 18.4 Å². The molecule has 2 aliphatic carbocycles. The summed E-state index contributed by atoms with van der Waals surface area (Å²) in [6.45, 7) is 12.9. The Morgan fingerprint density at radius 3 is 2.47 bits per heavy atom. The largest absolute Gasteiger partial charge is 0.496 e. The quantitative estimate of drug-likeness (QED) is 0.351. The van der Waals surface area contributed by atoms with Gasteiger partial charge in [0, 0.05) is 24.7 Å². The van der Waals surface area contributed by atoms with Crippen LogP contribution in [0.15, 0.2) is 42.4 Å². The van der Waals surface area contributed by atoms with Crippen molar-refractivity contribution >= 4 is 23.4 Å². The fraction of sp³-hybridized carbons (Fsp3) is 0.500. The fourth-order valence-corrected chi connectivity index (χ4v) is 5.68. The van der Waals surface area contributed by atoms with E-state index in [1.54, 1.807) is 7.11 Å². The van der Waals surface area contributed by atoms with Crippen LogP contribution >= 0.6 is 0 Å². The first-order chi connectivity index (χ1) is 18.4. The van der Waals surface area contributed by atoms with Gasteiger partial charge < -0.3 is 9.53 Å². The van der Waals surface area contributed by atoms with Crippen LogP contribution in [0.4, 0.5) is 4.39 Å². The van der Waals surface area contributed by atoms with Crippen LogP contribution in [-0.4, -0.2) is 28.7 Å². The molecule has 1 aromatic carbocycles. The van der Waals surface area contributed by atoms with Crippen molar-refractivity contribution in [2.75, 3.05) is 7.11 Å². The van der Waals surface area contributed by atoms with E-state index >= 15 is 0 Å². The molecule has 0 aliphatic heterocycles. The Hall–Kier alpha value is -3.15. The number of halogens is 1. The molecule has 0 amide bonds. The molecule has 1 saturated carbocycles. The second kappa shape index (κ2) is 13.6. The second-order valence-corrected chi connectivity index (χ2v) is 10.5. The molecule has 5 nitrogen and oxygen atoms in total. The lowest BCUT2D eigenvalue weighted by molar-refractivity contribution is -0.0980. The Kier molecular flexibility index (Phi) is 10.5. The lowest BCUT2D eigenvalue weighted by atomic mass is 9.95. The zero-order valence-electron chi connectivity index (χ0n) is 23.9. The molecule has 1 N–H and O–H groups in total. The summed E-state index contributed by atoms with van der Waals surface area (Å²) >= 11 is 0. The van der Waals surface area contributed by atoms with Gasteiger partial charge in [-0.15, -0.1) is 0 Å². The van der Waals surface area contributed by atoms with Crippen LogP contribution in [0.25, 0.3) is 16.6 Å². The highest BCUT2D eigenvalue weighted by Gasteiger charge is 2.22. The van der Waals surface area contributed by atoms with Crippen molar-refractivity contribution in [3.05, 3.63) is 64.8 Å². The number of hydrogen-bond acceptors (Lipinski definition) is 3. The minimum Gasteiger partial charge on any atom is -0.496 e. The maximum Gasteiger partial charge on any atom is 0.124 e. The van der Waals surface area contributed by atoms with Crippen LogP contribution in [0, 0.1) is 25.7 Å². The molecule has 3 atom stereocenters. The van der Waals surface area contributed by atoms with Gasteiger partial charge in [-0.05, 0) is 68.7 Å². The van der Waals surface area contributed by atoms with Crippen molar-refractivity contribution in [1.82, 2.24) is 14.8 Å². The van der Waals surface area contributed by atoms with E-state index in [0.29, 0.717) is 12.0 Å². The molecule has 38 heavy (non-hydrogen) atoms. The minimum absolute atomic E-state index is 0. The number of aromatic amines is 1. The van der Waals surface area contributed by atoms with Gasteiger partial charge in [-0.1, -0.05) is 57.7 Å². The standard InChI is InChI=1S/C22H24FN3O.C9H18.CH2O.H2/c1-13-14(2)24-12-20-22(13)26(25-20)15(3)18-11-16(9-10-21(18)27-4)17-7-5-6-8-19(17)23;1-3-8-5-6-9(4-2)7-8;1-2;/h5,7,9-12,15,25H,6,8H2,1-4H3;8-9H,3-7H2,1-2H3;1H2;1H/t15-;8-,9?;;/m11../s1. The number of aryl methyl sites for hydroxylation is 2. The zero-order chi connectivity index (χ0) is 27.8. The summed E-state index contributed by atoms with van der Waals surface area (Å²) in [6.07, 6.45) is 14.4. The third-order valence-corrected chi connectivity index (χ3v) is 8.31. The van der Waals surface area contributed by atoms with Gasteiger partial charge in [-0.3, -0.25) is 14.8 Å². The van der Waals surface area contributed by atoms with Gasteiger partial charge in [0.25, 0.3) is 0 Å². The maximum atomic E-state index is 14.3. The predicted molar refractivity (Wildman–Crippen MR) is 157 cm³/mol. The summed E-state index contributed by atoms with van der Waals surface area (Å²) in [5.41, 5.74) is 6.95. The van der Waals surface area contributed by atoms with Crippen LogP contribution in [0.5, 0.6) is 5.75 Å². The van der Waals surface area contributed by atoms with Crippen LogP contribution in [0.2, 0.25) is 0 Å².